The highest BCUT2D eigenvalue weighted by molar-refractivity contribution is 7.91. The highest BCUT2D eigenvalue weighted by Crippen LogP contribution is 2.33. The first-order chi connectivity index (χ1) is 8.96. The molecule has 1 saturated heterocycles. The minimum atomic E-state index is -2.81. The van der Waals surface area contributed by atoms with Gasteiger partial charge in [-0.2, -0.15) is 0 Å². The second-order valence-corrected chi connectivity index (χ2v) is 8.75. The summed E-state index contributed by atoms with van der Waals surface area (Å²) in [6.45, 7) is 7.03. The molecule has 1 spiro atoms. The normalized spacial score (nSPS) is 28.0. The van der Waals surface area contributed by atoms with Gasteiger partial charge in [0, 0.05) is 30.4 Å². The molecule has 2 fully saturated rings. The molecule has 0 aromatic carbocycles. The van der Waals surface area contributed by atoms with Crippen molar-refractivity contribution in [1.82, 2.24) is 10.2 Å². The third kappa shape index (κ3) is 3.92. The van der Waals surface area contributed by atoms with Crippen LogP contribution in [-0.4, -0.2) is 56.0 Å². The maximum Gasteiger partial charge on any atom is 0.150 e. The summed E-state index contributed by atoms with van der Waals surface area (Å²) in [7, 11) is -2.81. The van der Waals surface area contributed by atoms with E-state index < -0.39 is 9.84 Å². The van der Waals surface area contributed by atoms with Crippen molar-refractivity contribution in [2.24, 2.45) is 0 Å². The molecule has 1 N–H and O–H groups in total. The third-order valence-corrected chi connectivity index (χ3v) is 6.59. The zero-order chi connectivity index (χ0) is 13.9. The van der Waals surface area contributed by atoms with Crippen LogP contribution in [0.1, 0.15) is 46.0 Å². The summed E-state index contributed by atoms with van der Waals surface area (Å²) in [5.74, 6) is 0.612. The van der Waals surface area contributed by atoms with Gasteiger partial charge in [0.25, 0.3) is 0 Å². The van der Waals surface area contributed by atoms with E-state index in [2.05, 4.69) is 17.1 Å². The zero-order valence-corrected chi connectivity index (χ0v) is 13.1. The predicted molar refractivity (Wildman–Crippen MR) is 79.2 cm³/mol. The van der Waals surface area contributed by atoms with E-state index in [1.165, 1.54) is 25.7 Å². The monoisotopic (exact) mass is 288 g/mol. The average Bonchev–Trinajstić information content (AvgIpc) is 2.82. The molecule has 0 aromatic heterocycles. The van der Waals surface area contributed by atoms with Gasteiger partial charge in [0.1, 0.15) is 9.84 Å². The molecule has 0 amide bonds. The molecule has 112 valence electrons. The van der Waals surface area contributed by atoms with Gasteiger partial charge in [0.05, 0.1) is 5.75 Å². The first-order valence-corrected chi connectivity index (χ1v) is 9.48. The minimum absolute atomic E-state index is 0.272. The number of hydrogen-bond donors (Lipinski definition) is 1. The molecular weight excluding hydrogens is 260 g/mol. The lowest BCUT2D eigenvalue weighted by molar-refractivity contribution is 0.0895. The van der Waals surface area contributed by atoms with Crippen LogP contribution in [0.3, 0.4) is 0 Å². The fourth-order valence-electron chi connectivity index (χ4n) is 3.41. The van der Waals surface area contributed by atoms with E-state index in [9.17, 15) is 8.42 Å². The molecule has 0 bridgehead atoms. The van der Waals surface area contributed by atoms with Gasteiger partial charge in [-0.15, -0.1) is 0 Å². The van der Waals surface area contributed by atoms with Crippen LogP contribution in [0.2, 0.25) is 0 Å². The van der Waals surface area contributed by atoms with Crippen molar-refractivity contribution < 1.29 is 8.42 Å². The number of sulfone groups is 1. The van der Waals surface area contributed by atoms with Crippen molar-refractivity contribution in [3.05, 3.63) is 0 Å². The van der Waals surface area contributed by atoms with Gasteiger partial charge < -0.3 is 5.32 Å². The molecule has 2 rings (SSSR count). The topological polar surface area (TPSA) is 49.4 Å². The Balaban J connectivity index is 1.84. The fraction of sp³-hybridized carbons (Fsp3) is 1.00. The zero-order valence-electron chi connectivity index (χ0n) is 12.3. The molecule has 1 aliphatic heterocycles. The summed E-state index contributed by atoms with van der Waals surface area (Å²) in [6, 6.07) is 0.524. The molecular formula is C14H28N2O2S. The maximum absolute atomic E-state index is 11.5. The van der Waals surface area contributed by atoms with E-state index in [0.29, 0.717) is 17.3 Å². The number of piperazine rings is 1. The van der Waals surface area contributed by atoms with Crippen LogP contribution in [-0.2, 0) is 9.84 Å². The summed E-state index contributed by atoms with van der Waals surface area (Å²) < 4.78 is 23.1. The van der Waals surface area contributed by atoms with E-state index >= 15 is 0 Å². The van der Waals surface area contributed by atoms with Gasteiger partial charge in [-0.3, -0.25) is 4.90 Å². The van der Waals surface area contributed by atoms with Crippen LogP contribution >= 0.6 is 0 Å². The molecule has 19 heavy (non-hydrogen) atoms. The van der Waals surface area contributed by atoms with Crippen LogP contribution in [0, 0.1) is 0 Å². The van der Waals surface area contributed by atoms with Gasteiger partial charge in [-0.1, -0.05) is 19.8 Å². The predicted octanol–water partition coefficient (Wildman–Crippen LogP) is 1.42. The molecule has 5 heteroatoms. The molecule has 0 radical (unpaired) electrons. The van der Waals surface area contributed by atoms with Crippen LogP contribution < -0.4 is 5.32 Å². The SMILES string of the molecule is CCS(=O)(=O)CCCN1CC2(CCCC2)NCC1C. The standard InChI is InChI=1S/C14H28N2O2S/c1-3-19(17,18)10-6-9-16-12-14(7-4-5-8-14)15-11-13(16)2/h13,15H,3-12H2,1-2H3. The summed E-state index contributed by atoms with van der Waals surface area (Å²) >= 11 is 0. The lowest BCUT2D eigenvalue weighted by Gasteiger charge is -2.45. The fourth-order valence-corrected chi connectivity index (χ4v) is 4.27. The molecule has 1 unspecified atom stereocenters. The van der Waals surface area contributed by atoms with E-state index in [1.54, 1.807) is 6.92 Å². The number of nitrogens with one attached hydrogen (secondary N) is 1. The minimum Gasteiger partial charge on any atom is -0.308 e. The summed E-state index contributed by atoms with van der Waals surface area (Å²) in [6.07, 6.45) is 6.00. The van der Waals surface area contributed by atoms with E-state index in [-0.39, 0.29) is 5.75 Å². The smallest absolute Gasteiger partial charge is 0.150 e. The molecule has 1 saturated carbocycles. The van der Waals surface area contributed by atoms with Crippen molar-refractivity contribution in [2.45, 2.75) is 57.5 Å². The Kier molecular flexibility index (Phi) is 4.90. The highest BCUT2D eigenvalue weighted by atomic mass is 32.2. The Labute approximate surface area is 117 Å². The lowest BCUT2D eigenvalue weighted by Crippen LogP contribution is -2.62. The van der Waals surface area contributed by atoms with Crippen LogP contribution in [0.15, 0.2) is 0 Å². The molecule has 1 atom stereocenters. The van der Waals surface area contributed by atoms with Crippen molar-refractivity contribution in [2.75, 3.05) is 31.1 Å². The summed E-state index contributed by atoms with van der Waals surface area (Å²) in [5.41, 5.74) is 0.330. The largest absolute Gasteiger partial charge is 0.308 e. The Morgan fingerprint density at radius 3 is 2.63 bits per heavy atom. The first kappa shape index (κ1) is 15.3. The summed E-state index contributed by atoms with van der Waals surface area (Å²) in [4.78, 5) is 2.49. The Bertz CT molecular complexity index is 388. The van der Waals surface area contributed by atoms with Crippen molar-refractivity contribution in [3.63, 3.8) is 0 Å². The number of hydrogen-bond acceptors (Lipinski definition) is 4. The first-order valence-electron chi connectivity index (χ1n) is 7.66. The Hall–Kier alpha value is -0.130. The molecule has 4 nitrogen and oxygen atoms in total. The van der Waals surface area contributed by atoms with Gasteiger partial charge in [-0.05, 0) is 32.7 Å². The second-order valence-electron chi connectivity index (χ2n) is 6.28. The molecule has 0 aromatic rings. The second kappa shape index (κ2) is 6.10. The van der Waals surface area contributed by atoms with Crippen molar-refractivity contribution >= 4 is 9.84 Å². The van der Waals surface area contributed by atoms with Gasteiger partial charge in [0.15, 0.2) is 0 Å². The van der Waals surface area contributed by atoms with Crippen LogP contribution in [0.4, 0.5) is 0 Å². The maximum atomic E-state index is 11.5. The molecule has 1 heterocycles. The van der Waals surface area contributed by atoms with E-state index in [1.807, 2.05) is 0 Å². The van der Waals surface area contributed by atoms with E-state index in [0.717, 1.165) is 26.1 Å². The quantitative estimate of drug-likeness (QED) is 0.831. The van der Waals surface area contributed by atoms with Gasteiger partial charge in [0.2, 0.25) is 0 Å². The number of rotatable bonds is 5. The number of nitrogens with zero attached hydrogens (tertiary/aromatic N) is 1. The van der Waals surface area contributed by atoms with Crippen molar-refractivity contribution in [3.8, 4) is 0 Å². The molecule has 2 aliphatic rings. The van der Waals surface area contributed by atoms with Crippen LogP contribution in [0.25, 0.3) is 0 Å². The Morgan fingerprint density at radius 1 is 1.32 bits per heavy atom. The Morgan fingerprint density at radius 2 is 2.00 bits per heavy atom. The summed E-state index contributed by atoms with van der Waals surface area (Å²) in [5, 5.41) is 3.73. The van der Waals surface area contributed by atoms with Gasteiger partial charge >= 0.3 is 0 Å². The van der Waals surface area contributed by atoms with Crippen LogP contribution in [0.5, 0.6) is 0 Å². The van der Waals surface area contributed by atoms with Crippen molar-refractivity contribution in [1.29, 1.82) is 0 Å². The van der Waals surface area contributed by atoms with Gasteiger partial charge in [-0.25, -0.2) is 8.42 Å². The lowest BCUT2D eigenvalue weighted by atomic mass is 9.92. The molecule has 1 aliphatic carbocycles. The average molecular weight is 288 g/mol. The third-order valence-electron chi connectivity index (χ3n) is 4.80. The highest BCUT2D eigenvalue weighted by Gasteiger charge is 2.39. The van der Waals surface area contributed by atoms with E-state index in [4.69, 9.17) is 0 Å².